The van der Waals surface area contributed by atoms with Crippen molar-refractivity contribution >= 4 is 51.4 Å². The first-order chi connectivity index (χ1) is 13.6. The molecule has 3 aromatic heterocycles. The average molecular weight is 438 g/mol. The third-order valence-corrected chi connectivity index (χ3v) is 6.17. The number of hydrogen-bond donors (Lipinski definition) is 1. The number of nitrogens with one attached hydrogen (secondary N) is 1. The molecule has 1 amide bonds. The lowest BCUT2D eigenvalue weighted by molar-refractivity contribution is -0.142. The maximum atomic E-state index is 12.2. The van der Waals surface area contributed by atoms with Crippen molar-refractivity contribution in [3.8, 4) is 10.7 Å². The number of nitrogens with zero attached hydrogens (tertiary/aromatic N) is 4. The van der Waals surface area contributed by atoms with Crippen molar-refractivity contribution in [3.63, 3.8) is 0 Å². The highest BCUT2D eigenvalue weighted by Crippen LogP contribution is 2.27. The van der Waals surface area contributed by atoms with Gasteiger partial charge in [-0.15, -0.1) is 32.9 Å². The molecule has 3 heterocycles. The summed E-state index contributed by atoms with van der Waals surface area (Å²) in [4.78, 5) is 29.0. The molecule has 3 aromatic rings. The first kappa shape index (κ1) is 20.5. The third-order valence-electron chi connectivity index (χ3n) is 3.54. The van der Waals surface area contributed by atoms with E-state index in [4.69, 9.17) is 4.74 Å². The molecule has 0 bridgehead atoms. The van der Waals surface area contributed by atoms with Gasteiger partial charge < -0.3 is 14.6 Å². The van der Waals surface area contributed by atoms with E-state index in [1.165, 1.54) is 23.1 Å². The molecule has 0 spiro atoms. The topological polar surface area (TPSA) is 99.0 Å². The van der Waals surface area contributed by atoms with Crippen LogP contribution in [0.5, 0.6) is 0 Å². The van der Waals surface area contributed by atoms with Gasteiger partial charge in [-0.3, -0.25) is 9.59 Å². The quantitative estimate of drug-likeness (QED) is 0.405. The number of rotatable bonds is 9. The summed E-state index contributed by atoms with van der Waals surface area (Å²) in [6.07, 6.45) is 0.0973. The molecule has 1 N–H and O–H groups in total. The van der Waals surface area contributed by atoms with Crippen molar-refractivity contribution in [1.82, 2.24) is 19.7 Å². The number of anilines is 1. The minimum absolute atomic E-state index is 0.0973. The van der Waals surface area contributed by atoms with Gasteiger partial charge in [0.25, 0.3) is 0 Å². The molecule has 8 nitrogen and oxygen atoms in total. The van der Waals surface area contributed by atoms with Crippen LogP contribution < -0.4 is 5.32 Å². The number of thiophene rings is 1. The lowest BCUT2D eigenvalue weighted by Gasteiger charge is -2.06. The van der Waals surface area contributed by atoms with Crippen LogP contribution in [-0.2, 0) is 27.3 Å². The smallest absolute Gasteiger partial charge is 0.311 e. The molecule has 0 atom stereocenters. The molecule has 0 fully saturated rings. The third kappa shape index (κ3) is 5.18. The molecule has 0 saturated carbocycles. The highest BCUT2D eigenvalue weighted by atomic mass is 32.2. The van der Waals surface area contributed by atoms with Gasteiger partial charge in [-0.2, -0.15) is 0 Å². The monoisotopic (exact) mass is 437 g/mol. The van der Waals surface area contributed by atoms with Crippen molar-refractivity contribution in [2.45, 2.75) is 32.0 Å². The van der Waals surface area contributed by atoms with E-state index in [0.29, 0.717) is 29.1 Å². The molecule has 148 valence electrons. The Bertz CT molecular complexity index is 936. The van der Waals surface area contributed by atoms with Crippen LogP contribution in [0.2, 0.25) is 0 Å². The molecule has 28 heavy (non-hydrogen) atoms. The zero-order valence-corrected chi connectivity index (χ0v) is 17.8. The Hall–Kier alpha value is -2.24. The molecular formula is C17H19N5O3S3. The number of aromatic nitrogens is 4. The maximum absolute atomic E-state index is 12.2. The van der Waals surface area contributed by atoms with Gasteiger partial charge >= 0.3 is 5.97 Å². The summed E-state index contributed by atoms with van der Waals surface area (Å²) in [6, 6.07) is 3.97. The average Bonchev–Trinajstić information content (AvgIpc) is 3.40. The molecule has 0 radical (unpaired) electrons. The molecule has 0 aliphatic carbocycles. The normalized spacial score (nSPS) is 10.8. The van der Waals surface area contributed by atoms with E-state index < -0.39 is 0 Å². The summed E-state index contributed by atoms with van der Waals surface area (Å²) in [6.45, 7) is 4.82. The Kier molecular flexibility index (Phi) is 7.18. The molecule has 11 heteroatoms. The van der Waals surface area contributed by atoms with Gasteiger partial charge in [0, 0.05) is 11.9 Å². The molecular weight excluding hydrogens is 418 g/mol. The van der Waals surface area contributed by atoms with Crippen LogP contribution >= 0.6 is 34.4 Å². The van der Waals surface area contributed by atoms with E-state index in [-0.39, 0.29) is 24.1 Å². The fraction of sp³-hybridized carbons (Fsp3) is 0.353. The van der Waals surface area contributed by atoms with Gasteiger partial charge in [0.1, 0.15) is 0 Å². The molecule has 3 rings (SSSR count). The highest BCUT2D eigenvalue weighted by Gasteiger charge is 2.16. The van der Waals surface area contributed by atoms with E-state index in [1.54, 1.807) is 23.6 Å². The largest absolute Gasteiger partial charge is 0.466 e. The van der Waals surface area contributed by atoms with E-state index >= 15 is 0 Å². The summed E-state index contributed by atoms with van der Waals surface area (Å²) in [7, 11) is 0. The minimum atomic E-state index is -0.332. The van der Waals surface area contributed by atoms with Crippen LogP contribution in [0.1, 0.15) is 19.5 Å². The summed E-state index contributed by atoms with van der Waals surface area (Å²) < 4.78 is 6.89. The van der Waals surface area contributed by atoms with Crippen LogP contribution in [-0.4, -0.2) is 44.0 Å². The molecule has 0 unspecified atom stereocenters. The van der Waals surface area contributed by atoms with Crippen molar-refractivity contribution in [3.05, 3.63) is 28.6 Å². The van der Waals surface area contributed by atoms with Crippen molar-refractivity contribution in [2.24, 2.45) is 0 Å². The number of esters is 1. The van der Waals surface area contributed by atoms with Crippen molar-refractivity contribution < 1.29 is 14.3 Å². The molecule has 0 saturated heterocycles. The van der Waals surface area contributed by atoms with Crippen LogP contribution in [0.15, 0.2) is 28.0 Å². The zero-order valence-electron chi connectivity index (χ0n) is 15.4. The second-order valence-electron chi connectivity index (χ2n) is 5.49. The summed E-state index contributed by atoms with van der Waals surface area (Å²) in [5.41, 5.74) is 0.581. The first-order valence-electron chi connectivity index (χ1n) is 8.60. The number of carbonyl (C=O) groups is 2. The van der Waals surface area contributed by atoms with Crippen molar-refractivity contribution in [2.75, 3.05) is 17.7 Å². The van der Waals surface area contributed by atoms with E-state index in [1.807, 2.05) is 29.0 Å². The fourth-order valence-corrected chi connectivity index (χ4v) is 4.61. The fourth-order valence-electron chi connectivity index (χ4n) is 2.36. The summed E-state index contributed by atoms with van der Waals surface area (Å²) >= 11 is 4.21. The molecule has 0 aliphatic rings. The van der Waals surface area contributed by atoms with Gasteiger partial charge in [-0.1, -0.05) is 17.8 Å². The Morgan fingerprint density at radius 1 is 1.29 bits per heavy atom. The van der Waals surface area contributed by atoms with Gasteiger partial charge in [-0.25, -0.2) is 4.98 Å². The predicted octanol–water partition coefficient (Wildman–Crippen LogP) is 3.32. The van der Waals surface area contributed by atoms with E-state index in [9.17, 15) is 9.59 Å². The number of thioether (sulfide) groups is 1. The summed E-state index contributed by atoms with van der Waals surface area (Å²) in [5.74, 6) is 0.478. The summed E-state index contributed by atoms with van der Waals surface area (Å²) in [5, 5.41) is 16.1. The number of hydrogen-bond acceptors (Lipinski definition) is 9. The highest BCUT2D eigenvalue weighted by molar-refractivity contribution is 7.99. The van der Waals surface area contributed by atoms with Gasteiger partial charge in [-0.05, 0) is 25.3 Å². The van der Waals surface area contributed by atoms with E-state index in [0.717, 1.165) is 10.7 Å². The lowest BCUT2D eigenvalue weighted by atomic mass is 10.3. The van der Waals surface area contributed by atoms with Gasteiger partial charge in [0.05, 0.1) is 29.4 Å². The minimum Gasteiger partial charge on any atom is -0.466 e. The van der Waals surface area contributed by atoms with Crippen LogP contribution in [0, 0.1) is 0 Å². The predicted molar refractivity (Wildman–Crippen MR) is 111 cm³/mol. The Morgan fingerprint density at radius 2 is 2.14 bits per heavy atom. The van der Waals surface area contributed by atoms with Crippen molar-refractivity contribution in [1.29, 1.82) is 0 Å². The van der Waals surface area contributed by atoms with Gasteiger partial charge in [0.15, 0.2) is 16.1 Å². The van der Waals surface area contributed by atoms with Crippen LogP contribution in [0.25, 0.3) is 10.7 Å². The Balaban J connectivity index is 1.55. The SMILES string of the molecule is CCOC(=O)Cc1csc(NC(=O)CSc2nnc(-c3cccs3)n2CC)n1. The zero-order chi connectivity index (χ0) is 19.9. The lowest BCUT2D eigenvalue weighted by Crippen LogP contribution is -2.15. The number of thiazole rings is 1. The number of carbonyl (C=O) groups excluding carboxylic acids is 2. The number of ether oxygens (including phenoxy) is 1. The second kappa shape index (κ2) is 9.80. The Labute approximate surface area is 174 Å². The standard InChI is InChI=1S/C17H19N5O3S3/c1-3-22-15(12-6-5-7-26-12)20-21-17(22)28-10-13(23)19-16-18-11(9-27-16)8-14(24)25-4-2/h5-7,9H,3-4,8,10H2,1-2H3,(H,18,19,23). The van der Waals surface area contributed by atoms with E-state index in [2.05, 4.69) is 20.5 Å². The Morgan fingerprint density at radius 3 is 2.86 bits per heavy atom. The molecule has 0 aliphatic heterocycles. The second-order valence-corrected chi connectivity index (χ2v) is 8.24. The maximum Gasteiger partial charge on any atom is 0.311 e. The number of amides is 1. The van der Waals surface area contributed by atoms with Gasteiger partial charge in [0.2, 0.25) is 5.91 Å². The molecule has 0 aromatic carbocycles. The first-order valence-corrected chi connectivity index (χ1v) is 11.3. The van der Waals surface area contributed by atoms with Crippen LogP contribution in [0.4, 0.5) is 5.13 Å². The van der Waals surface area contributed by atoms with Crippen LogP contribution in [0.3, 0.4) is 0 Å².